The van der Waals surface area contributed by atoms with E-state index in [0.29, 0.717) is 41.0 Å². The van der Waals surface area contributed by atoms with E-state index in [4.69, 9.17) is 21.1 Å². The molecule has 0 aliphatic heterocycles. The van der Waals surface area contributed by atoms with Gasteiger partial charge in [-0.1, -0.05) is 11.6 Å². The molecular weight excluding hydrogens is 308 g/mol. The van der Waals surface area contributed by atoms with Crippen LogP contribution in [-0.2, 0) is 4.74 Å². The molecule has 0 spiro atoms. The fraction of sp³-hybridized carbons (Fsp3) is 0.333. The largest absolute Gasteiger partial charge is 0.493 e. The lowest BCUT2D eigenvalue weighted by molar-refractivity contribution is 0.0594. The molecule has 0 radical (unpaired) electrons. The van der Waals surface area contributed by atoms with Gasteiger partial charge in [-0.3, -0.25) is 5.10 Å². The minimum atomic E-state index is -0.492. The molecule has 118 valence electrons. The fourth-order valence-electron chi connectivity index (χ4n) is 1.95. The lowest BCUT2D eigenvalue weighted by atomic mass is 10.1. The molecule has 0 atom stereocenters. The molecule has 0 saturated heterocycles. The maximum atomic E-state index is 11.5. The van der Waals surface area contributed by atoms with Crippen molar-refractivity contribution in [1.82, 2.24) is 10.2 Å². The van der Waals surface area contributed by atoms with Crippen molar-refractivity contribution in [2.45, 2.75) is 13.8 Å². The summed E-state index contributed by atoms with van der Waals surface area (Å²) in [6.07, 6.45) is 0. The van der Waals surface area contributed by atoms with Gasteiger partial charge in [0.25, 0.3) is 0 Å². The van der Waals surface area contributed by atoms with Crippen LogP contribution in [-0.4, -0.2) is 36.5 Å². The second-order valence-electron chi connectivity index (χ2n) is 4.30. The molecule has 7 heteroatoms. The smallest absolute Gasteiger partial charge is 0.356 e. The van der Waals surface area contributed by atoms with Crippen LogP contribution in [0.5, 0.6) is 11.5 Å². The number of benzene rings is 1. The average Bonchev–Trinajstić information content (AvgIpc) is 2.99. The molecule has 1 aromatic carbocycles. The van der Waals surface area contributed by atoms with E-state index in [1.54, 1.807) is 18.2 Å². The van der Waals surface area contributed by atoms with Crippen LogP contribution in [0, 0.1) is 0 Å². The van der Waals surface area contributed by atoms with Crippen molar-refractivity contribution in [3.8, 4) is 22.8 Å². The first kappa shape index (κ1) is 16.2. The predicted octanol–water partition coefficient (Wildman–Crippen LogP) is 3.31. The standard InChI is InChI=1S/C15H17ClN2O4/c1-4-21-13-8-14(22-5-2)10(16)6-9(13)11-7-12(18-17-11)15(19)20-3/h6-8H,4-5H2,1-3H3,(H,17,18). The Morgan fingerprint density at radius 2 is 1.86 bits per heavy atom. The van der Waals surface area contributed by atoms with E-state index in [1.807, 2.05) is 13.8 Å². The number of methoxy groups -OCH3 is 1. The monoisotopic (exact) mass is 324 g/mol. The summed E-state index contributed by atoms with van der Waals surface area (Å²) in [4.78, 5) is 11.5. The van der Waals surface area contributed by atoms with Crippen LogP contribution in [0.2, 0.25) is 5.02 Å². The van der Waals surface area contributed by atoms with E-state index in [-0.39, 0.29) is 5.69 Å². The Morgan fingerprint density at radius 1 is 1.18 bits per heavy atom. The van der Waals surface area contributed by atoms with Crippen molar-refractivity contribution in [3.63, 3.8) is 0 Å². The highest BCUT2D eigenvalue weighted by Crippen LogP contribution is 2.38. The molecule has 0 saturated carbocycles. The van der Waals surface area contributed by atoms with Crippen molar-refractivity contribution in [3.05, 3.63) is 28.9 Å². The third-order valence-corrected chi connectivity index (χ3v) is 3.19. The van der Waals surface area contributed by atoms with Crippen LogP contribution in [0.15, 0.2) is 18.2 Å². The van der Waals surface area contributed by atoms with Gasteiger partial charge >= 0.3 is 5.97 Å². The van der Waals surface area contributed by atoms with Gasteiger partial charge in [0.15, 0.2) is 0 Å². The van der Waals surface area contributed by atoms with Crippen LogP contribution < -0.4 is 9.47 Å². The molecule has 0 fully saturated rings. The number of hydrogen-bond acceptors (Lipinski definition) is 5. The van der Waals surface area contributed by atoms with Crippen molar-refractivity contribution >= 4 is 17.6 Å². The summed E-state index contributed by atoms with van der Waals surface area (Å²) in [7, 11) is 1.31. The van der Waals surface area contributed by atoms with Crippen molar-refractivity contribution in [1.29, 1.82) is 0 Å². The van der Waals surface area contributed by atoms with Crippen LogP contribution in [0.25, 0.3) is 11.3 Å². The molecule has 1 aromatic heterocycles. The van der Waals surface area contributed by atoms with Crippen LogP contribution in [0.3, 0.4) is 0 Å². The molecular formula is C15H17ClN2O4. The molecule has 2 aromatic rings. The Kier molecular flexibility index (Phi) is 5.27. The van der Waals surface area contributed by atoms with Crippen LogP contribution in [0.1, 0.15) is 24.3 Å². The van der Waals surface area contributed by atoms with E-state index in [1.165, 1.54) is 7.11 Å². The molecule has 0 aliphatic carbocycles. The second-order valence-corrected chi connectivity index (χ2v) is 4.71. The van der Waals surface area contributed by atoms with Crippen LogP contribution >= 0.6 is 11.6 Å². The van der Waals surface area contributed by atoms with E-state index < -0.39 is 5.97 Å². The van der Waals surface area contributed by atoms with Crippen molar-refractivity contribution in [2.75, 3.05) is 20.3 Å². The first-order valence-corrected chi connectivity index (χ1v) is 7.21. The summed E-state index contributed by atoms with van der Waals surface area (Å²) < 4.78 is 15.7. The number of carbonyl (C=O) groups excluding carboxylic acids is 1. The average molecular weight is 325 g/mol. The molecule has 22 heavy (non-hydrogen) atoms. The molecule has 0 aliphatic rings. The number of halogens is 1. The number of nitrogens with zero attached hydrogens (tertiary/aromatic N) is 1. The molecule has 0 unspecified atom stereocenters. The number of carbonyl (C=O) groups is 1. The van der Waals surface area contributed by atoms with E-state index in [9.17, 15) is 4.79 Å². The summed E-state index contributed by atoms with van der Waals surface area (Å²) in [6, 6.07) is 5.01. The van der Waals surface area contributed by atoms with Gasteiger partial charge in [0.2, 0.25) is 0 Å². The van der Waals surface area contributed by atoms with Crippen molar-refractivity contribution < 1.29 is 19.0 Å². The number of aromatic amines is 1. The summed E-state index contributed by atoms with van der Waals surface area (Å²) in [5, 5.41) is 7.19. The predicted molar refractivity (Wildman–Crippen MR) is 82.7 cm³/mol. The first-order chi connectivity index (χ1) is 10.6. The number of rotatable bonds is 6. The highest BCUT2D eigenvalue weighted by molar-refractivity contribution is 6.32. The zero-order valence-corrected chi connectivity index (χ0v) is 13.4. The summed E-state index contributed by atoms with van der Waals surface area (Å²) in [6.45, 7) is 4.73. The minimum absolute atomic E-state index is 0.255. The Labute approximate surface area is 133 Å². The zero-order chi connectivity index (χ0) is 16.1. The van der Waals surface area contributed by atoms with Gasteiger partial charge in [0.1, 0.15) is 17.2 Å². The third-order valence-electron chi connectivity index (χ3n) is 2.89. The molecule has 1 heterocycles. The second kappa shape index (κ2) is 7.17. The van der Waals surface area contributed by atoms with Gasteiger partial charge in [-0.25, -0.2) is 4.79 Å². The number of H-pyrrole nitrogens is 1. The molecule has 2 rings (SSSR count). The maximum Gasteiger partial charge on any atom is 0.356 e. The van der Waals surface area contributed by atoms with Crippen molar-refractivity contribution in [2.24, 2.45) is 0 Å². The SMILES string of the molecule is CCOc1cc(OCC)c(-c2cc(C(=O)OC)[nH]n2)cc1Cl. The molecule has 0 bridgehead atoms. The maximum absolute atomic E-state index is 11.5. The highest BCUT2D eigenvalue weighted by Gasteiger charge is 2.17. The van der Waals surface area contributed by atoms with E-state index >= 15 is 0 Å². The van der Waals surface area contributed by atoms with Gasteiger partial charge in [0.05, 0.1) is 31.0 Å². The summed E-state index contributed by atoms with van der Waals surface area (Å²) in [5.41, 5.74) is 1.46. The summed E-state index contributed by atoms with van der Waals surface area (Å²) >= 11 is 6.22. The van der Waals surface area contributed by atoms with Gasteiger partial charge in [0, 0.05) is 11.6 Å². The Bertz CT molecular complexity index is 670. The van der Waals surface area contributed by atoms with E-state index in [0.717, 1.165) is 0 Å². The number of nitrogens with one attached hydrogen (secondary N) is 1. The van der Waals surface area contributed by atoms with Crippen LogP contribution in [0.4, 0.5) is 0 Å². The van der Waals surface area contributed by atoms with Gasteiger partial charge in [-0.2, -0.15) is 5.10 Å². The number of ether oxygens (including phenoxy) is 3. The lowest BCUT2D eigenvalue weighted by Gasteiger charge is -2.12. The molecule has 6 nitrogen and oxygen atoms in total. The third kappa shape index (κ3) is 3.33. The highest BCUT2D eigenvalue weighted by atomic mass is 35.5. The summed E-state index contributed by atoms with van der Waals surface area (Å²) in [5.74, 6) is 0.632. The number of hydrogen-bond donors (Lipinski definition) is 1. The Balaban J connectivity index is 2.46. The number of esters is 1. The quantitative estimate of drug-likeness (QED) is 0.825. The van der Waals surface area contributed by atoms with Gasteiger partial charge in [-0.15, -0.1) is 0 Å². The molecule has 1 N–H and O–H groups in total. The topological polar surface area (TPSA) is 73.4 Å². The minimum Gasteiger partial charge on any atom is -0.493 e. The number of aromatic nitrogens is 2. The van der Waals surface area contributed by atoms with Gasteiger partial charge in [-0.05, 0) is 26.0 Å². The lowest BCUT2D eigenvalue weighted by Crippen LogP contribution is -2.00. The normalized spacial score (nSPS) is 10.4. The van der Waals surface area contributed by atoms with E-state index in [2.05, 4.69) is 14.9 Å². The van der Waals surface area contributed by atoms with Gasteiger partial charge < -0.3 is 14.2 Å². The molecule has 0 amide bonds. The Morgan fingerprint density at radius 3 is 2.50 bits per heavy atom. The first-order valence-electron chi connectivity index (χ1n) is 6.83. The fourth-order valence-corrected chi connectivity index (χ4v) is 2.17. The Hall–Kier alpha value is -2.21. The zero-order valence-electron chi connectivity index (χ0n) is 12.6.